The number of rotatable bonds is 7. The fourth-order valence-electron chi connectivity index (χ4n) is 1.45. The number of nitriles is 1. The maximum atomic E-state index is 12.4. The smallest absolute Gasteiger partial charge is 0.197 e. The molecule has 0 bridgehead atoms. The molecule has 0 aromatic rings. The summed E-state index contributed by atoms with van der Waals surface area (Å²) in [5, 5.41) is 7.89. The van der Waals surface area contributed by atoms with E-state index in [9.17, 15) is 26.3 Å². The quantitative estimate of drug-likeness (QED) is 0.622. The van der Waals surface area contributed by atoms with E-state index < -0.39 is 29.9 Å². The van der Waals surface area contributed by atoms with E-state index in [1.807, 2.05) is 0 Å². The number of hydrogen-bond donors (Lipinski definition) is 0. The second-order valence-corrected chi connectivity index (χ2v) is 5.39. The third-order valence-electron chi connectivity index (χ3n) is 2.58. The standard InChI is InChI=1S/C11H15F6NS/c1-2-8(11(15,16)17)3-4-9(7-18)19-6-5-10(12,13)14/h8-9H,2-6H2,1H3. The molecule has 0 amide bonds. The first kappa shape index (κ1) is 18.4. The van der Waals surface area contributed by atoms with E-state index in [0.717, 1.165) is 11.8 Å². The molecule has 0 N–H and O–H groups in total. The molecule has 2 atom stereocenters. The van der Waals surface area contributed by atoms with Crippen molar-refractivity contribution in [3.05, 3.63) is 0 Å². The van der Waals surface area contributed by atoms with Crippen molar-refractivity contribution in [3.8, 4) is 6.07 Å². The zero-order valence-electron chi connectivity index (χ0n) is 10.3. The Hall–Kier alpha value is -0.580. The molecule has 0 aliphatic rings. The van der Waals surface area contributed by atoms with Gasteiger partial charge >= 0.3 is 12.4 Å². The molecule has 0 rings (SSSR count). The highest BCUT2D eigenvalue weighted by Crippen LogP contribution is 2.34. The molecule has 0 aliphatic carbocycles. The molecule has 112 valence electrons. The zero-order valence-corrected chi connectivity index (χ0v) is 11.1. The molecule has 8 heteroatoms. The van der Waals surface area contributed by atoms with E-state index in [0.29, 0.717) is 0 Å². The highest BCUT2D eigenvalue weighted by Gasteiger charge is 2.38. The van der Waals surface area contributed by atoms with Gasteiger partial charge in [0.05, 0.1) is 23.7 Å². The van der Waals surface area contributed by atoms with Gasteiger partial charge in [-0.1, -0.05) is 6.92 Å². The third kappa shape index (κ3) is 9.03. The lowest BCUT2D eigenvalue weighted by Gasteiger charge is -2.19. The molecule has 0 saturated carbocycles. The Morgan fingerprint density at radius 1 is 1.11 bits per heavy atom. The van der Waals surface area contributed by atoms with Crippen LogP contribution in [0.1, 0.15) is 32.6 Å². The Morgan fingerprint density at radius 2 is 1.68 bits per heavy atom. The average Bonchev–Trinajstić information content (AvgIpc) is 2.24. The van der Waals surface area contributed by atoms with Gasteiger partial charge in [0.1, 0.15) is 0 Å². The molecule has 0 heterocycles. The van der Waals surface area contributed by atoms with Gasteiger partial charge in [-0.15, -0.1) is 11.8 Å². The van der Waals surface area contributed by atoms with Crippen LogP contribution in [0.2, 0.25) is 0 Å². The molecule has 1 nitrogen and oxygen atoms in total. The summed E-state index contributed by atoms with van der Waals surface area (Å²) in [6, 6.07) is 1.75. The first-order chi connectivity index (χ1) is 8.60. The molecule has 0 aliphatic heterocycles. The second kappa shape index (κ2) is 7.88. The zero-order chi connectivity index (χ0) is 15.1. The molecule has 0 aromatic carbocycles. The topological polar surface area (TPSA) is 23.8 Å². The second-order valence-electron chi connectivity index (χ2n) is 4.08. The van der Waals surface area contributed by atoms with Gasteiger partial charge in [0.25, 0.3) is 0 Å². The van der Waals surface area contributed by atoms with Crippen LogP contribution in [0.5, 0.6) is 0 Å². The van der Waals surface area contributed by atoms with Crippen LogP contribution in [0, 0.1) is 17.2 Å². The molecule has 0 aromatic heterocycles. The summed E-state index contributed by atoms with van der Waals surface area (Å²) >= 11 is 0.763. The van der Waals surface area contributed by atoms with Crippen molar-refractivity contribution in [3.63, 3.8) is 0 Å². The summed E-state index contributed by atoms with van der Waals surface area (Å²) in [6.45, 7) is 1.40. The monoisotopic (exact) mass is 307 g/mol. The summed E-state index contributed by atoms with van der Waals surface area (Å²) < 4.78 is 73.0. The number of hydrogen-bond acceptors (Lipinski definition) is 2. The summed E-state index contributed by atoms with van der Waals surface area (Å²) in [4.78, 5) is 0. The van der Waals surface area contributed by atoms with E-state index in [1.165, 1.54) is 6.92 Å². The predicted octanol–water partition coefficient (Wildman–Crippen LogP) is 4.93. The van der Waals surface area contributed by atoms with Gasteiger partial charge in [0, 0.05) is 5.75 Å². The van der Waals surface area contributed by atoms with Crippen molar-refractivity contribution in [2.45, 2.75) is 50.2 Å². The van der Waals surface area contributed by atoms with E-state index in [2.05, 4.69) is 0 Å². The first-order valence-corrected chi connectivity index (χ1v) is 6.79. The Kier molecular flexibility index (Phi) is 7.64. The highest BCUT2D eigenvalue weighted by molar-refractivity contribution is 8.00. The Balaban J connectivity index is 4.11. The summed E-state index contributed by atoms with van der Waals surface area (Å²) in [5.41, 5.74) is 0. The van der Waals surface area contributed by atoms with Gasteiger partial charge < -0.3 is 0 Å². The molecule has 0 saturated heterocycles. The molecule has 0 fully saturated rings. The van der Waals surface area contributed by atoms with E-state index in [-0.39, 0.29) is 25.0 Å². The van der Waals surface area contributed by atoms with Crippen LogP contribution in [-0.2, 0) is 0 Å². The van der Waals surface area contributed by atoms with Gasteiger partial charge in [0.2, 0.25) is 0 Å². The average molecular weight is 307 g/mol. The molecular weight excluding hydrogens is 292 g/mol. The van der Waals surface area contributed by atoms with E-state index in [1.54, 1.807) is 6.07 Å². The molecule has 0 spiro atoms. The van der Waals surface area contributed by atoms with Crippen molar-refractivity contribution in [2.24, 2.45) is 5.92 Å². The largest absolute Gasteiger partial charge is 0.391 e. The van der Waals surface area contributed by atoms with Crippen molar-refractivity contribution in [1.82, 2.24) is 0 Å². The lowest BCUT2D eigenvalue weighted by Crippen LogP contribution is -2.23. The van der Waals surface area contributed by atoms with Gasteiger partial charge in [-0.2, -0.15) is 31.6 Å². The summed E-state index contributed by atoms with van der Waals surface area (Å²) in [6.07, 6.45) is -10.0. The van der Waals surface area contributed by atoms with Crippen molar-refractivity contribution in [2.75, 3.05) is 5.75 Å². The lowest BCUT2D eigenvalue weighted by atomic mass is 9.99. The number of thioether (sulfide) groups is 1. The fourth-order valence-corrected chi connectivity index (χ4v) is 2.46. The Bertz CT molecular complexity index is 293. The lowest BCUT2D eigenvalue weighted by molar-refractivity contribution is -0.177. The Labute approximate surface area is 112 Å². The van der Waals surface area contributed by atoms with E-state index >= 15 is 0 Å². The summed E-state index contributed by atoms with van der Waals surface area (Å²) in [7, 11) is 0. The van der Waals surface area contributed by atoms with Gasteiger partial charge in [-0.05, 0) is 19.3 Å². The minimum absolute atomic E-state index is 0.0446. The van der Waals surface area contributed by atoms with Crippen LogP contribution in [0.4, 0.5) is 26.3 Å². The van der Waals surface area contributed by atoms with Crippen molar-refractivity contribution in [1.29, 1.82) is 5.26 Å². The minimum atomic E-state index is -4.31. The maximum Gasteiger partial charge on any atom is 0.391 e. The van der Waals surface area contributed by atoms with Crippen LogP contribution in [-0.4, -0.2) is 23.4 Å². The van der Waals surface area contributed by atoms with Gasteiger partial charge in [-0.25, -0.2) is 0 Å². The number of nitrogens with zero attached hydrogens (tertiary/aromatic N) is 1. The summed E-state index contributed by atoms with van der Waals surface area (Å²) in [5.74, 6) is -1.79. The maximum absolute atomic E-state index is 12.4. The van der Waals surface area contributed by atoms with Crippen LogP contribution in [0.25, 0.3) is 0 Å². The third-order valence-corrected chi connectivity index (χ3v) is 3.76. The van der Waals surface area contributed by atoms with E-state index in [4.69, 9.17) is 5.26 Å². The number of alkyl halides is 6. The first-order valence-electron chi connectivity index (χ1n) is 5.74. The predicted molar refractivity (Wildman–Crippen MR) is 61.6 cm³/mol. The molecular formula is C11H15F6NS. The Morgan fingerprint density at radius 3 is 2.05 bits per heavy atom. The van der Waals surface area contributed by atoms with Crippen LogP contribution < -0.4 is 0 Å². The van der Waals surface area contributed by atoms with Crippen LogP contribution >= 0.6 is 11.8 Å². The van der Waals surface area contributed by atoms with Crippen molar-refractivity contribution < 1.29 is 26.3 Å². The molecule has 2 unspecified atom stereocenters. The van der Waals surface area contributed by atoms with Crippen LogP contribution in [0.3, 0.4) is 0 Å². The normalized spacial score (nSPS) is 15.9. The number of halogens is 6. The van der Waals surface area contributed by atoms with Gasteiger partial charge in [0.15, 0.2) is 0 Å². The highest BCUT2D eigenvalue weighted by atomic mass is 32.2. The SMILES string of the molecule is CCC(CCC(C#N)SCCC(F)(F)F)C(F)(F)F. The molecule has 0 radical (unpaired) electrons. The van der Waals surface area contributed by atoms with Crippen molar-refractivity contribution >= 4 is 11.8 Å². The van der Waals surface area contributed by atoms with Crippen LogP contribution in [0.15, 0.2) is 0 Å². The van der Waals surface area contributed by atoms with Gasteiger partial charge in [-0.3, -0.25) is 0 Å². The molecule has 19 heavy (non-hydrogen) atoms. The minimum Gasteiger partial charge on any atom is -0.197 e. The fraction of sp³-hybridized carbons (Fsp3) is 0.909.